The standard InChI is InChI=1S/C15H19NO4/c1-3-6-12(15(17)18-2)16-11-7-4-8-13-14(11)20-10-5-9-19-13/h3-4,7-8,12,16H,1,5-6,9-10H2,2H3. The molecular weight excluding hydrogens is 258 g/mol. The molecule has 1 unspecified atom stereocenters. The van der Waals surface area contributed by atoms with Crippen molar-refractivity contribution in [2.75, 3.05) is 25.6 Å². The van der Waals surface area contributed by atoms with Gasteiger partial charge in [0.2, 0.25) is 0 Å². The fourth-order valence-corrected chi connectivity index (χ4v) is 2.02. The van der Waals surface area contributed by atoms with Crippen molar-refractivity contribution in [1.82, 2.24) is 0 Å². The van der Waals surface area contributed by atoms with Crippen LogP contribution in [0.4, 0.5) is 5.69 Å². The van der Waals surface area contributed by atoms with Gasteiger partial charge in [-0.1, -0.05) is 12.1 Å². The van der Waals surface area contributed by atoms with E-state index in [-0.39, 0.29) is 5.97 Å². The quantitative estimate of drug-likeness (QED) is 0.661. The molecule has 5 nitrogen and oxygen atoms in total. The molecular formula is C15H19NO4. The molecule has 1 aliphatic rings. The first kappa shape index (κ1) is 14.2. The van der Waals surface area contributed by atoms with E-state index < -0.39 is 6.04 Å². The van der Waals surface area contributed by atoms with E-state index in [1.54, 1.807) is 6.08 Å². The van der Waals surface area contributed by atoms with Gasteiger partial charge in [-0.3, -0.25) is 0 Å². The van der Waals surface area contributed by atoms with Gasteiger partial charge in [0.25, 0.3) is 0 Å². The van der Waals surface area contributed by atoms with E-state index in [0.29, 0.717) is 31.1 Å². The predicted octanol–water partition coefficient (Wildman–Crippen LogP) is 2.38. The summed E-state index contributed by atoms with van der Waals surface area (Å²) < 4.78 is 16.1. The van der Waals surface area contributed by atoms with Crippen LogP contribution in [0.1, 0.15) is 12.8 Å². The molecule has 2 rings (SSSR count). The van der Waals surface area contributed by atoms with E-state index in [0.717, 1.165) is 12.1 Å². The molecule has 0 amide bonds. The van der Waals surface area contributed by atoms with Gasteiger partial charge in [-0.05, 0) is 18.6 Å². The lowest BCUT2D eigenvalue weighted by molar-refractivity contribution is -0.141. The van der Waals surface area contributed by atoms with Crippen molar-refractivity contribution in [2.24, 2.45) is 0 Å². The highest BCUT2D eigenvalue weighted by Crippen LogP contribution is 2.37. The van der Waals surface area contributed by atoms with Crippen LogP contribution in [0.25, 0.3) is 0 Å². The van der Waals surface area contributed by atoms with Gasteiger partial charge in [-0.25, -0.2) is 4.79 Å². The highest BCUT2D eigenvalue weighted by molar-refractivity contribution is 5.80. The molecule has 0 spiro atoms. The first-order valence-corrected chi connectivity index (χ1v) is 6.60. The monoisotopic (exact) mass is 277 g/mol. The Kier molecular flexibility index (Phi) is 4.87. The molecule has 0 fully saturated rings. The van der Waals surface area contributed by atoms with E-state index in [1.165, 1.54) is 7.11 Å². The molecule has 0 bridgehead atoms. The molecule has 1 aliphatic heterocycles. The lowest BCUT2D eigenvalue weighted by Gasteiger charge is -2.19. The largest absolute Gasteiger partial charge is 0.489 e. The second-order valence-corrected chi connectivity index (χ2v) is 4.43. The number of rotatable bonds is 5. The van der Waals surface area contributed by atoms with Gasteiger partial charge in [0, 0.05) is 6.42 Å². The molecule has 0 saturated carbocycles. The Morgan fingerprint density at radius 1 is 1.50 bits per heavy atom. The zero-order chi connectivity index (χ0) is 14.4. The number of carbonyl (C=O) groups excluding carboxylic acids is 1. The molecule has 1 heterocycles. The Bertz CT molecular complexity index is 487. The summed E-state index contributed by atoms with van der Waals surface area (Å²) in [6.45, 7) is 4.88. The van der Waals surface area contributed by atoms with Gasteiger partial charge in [-0.15, -0.1) is 6.58 Å². The summed E-state index contributed by atoms with van der Waals surface area (Å²) in [7, 11) is 1.37. The number of hydrogen-bond acceptors (Lipinski definition) is 5. The number of nitrogens with one attached hydrogen (secondary N) is 1. The maximum atomic E-state index is 11.7. The minimum absolute atomic E-state index is 0.336. The summed E-state index contributed by atoms with van der Waals surface area (Å²) >= 11 is 0. The summed E-state index contributed by atoms with van der Waals surface area (Å²) in [4.78, 5) is 11.7. The van der Waals surface area contributed by atoms with Gasteiger partial charge in [0.15, 0.2) is 11.5 Å². The second-order valence-electron chi connectivity index (χ2n) is 4.43. The van der Waals surface area contributed by atoms with Gasteiger partial charge < -0.3 is 19.5 Å². The Labute approximate surface area is 118 Å². The van der Waals surface area contributed by atoms with Gasteiger partial charge in [0.1, 0.15) is 6.04 Å². The fraction of sp³-hybridized carbons (Fsp3) is 0.400. The molecule has 0 radical (unpaired) electrons. The minimum Gasteiger partial charge on any atom is -0.489 e. The molecule has 1 atom stereocenters. The van der Waals surface area contributed by atoms with Gasteiger partial charge in [0.05, 0.1) is 26.0 Å². The van der Waals surface area contributed by atoms with Crippen LogP contribution in [0.5, 0.6) is 11.5 Å². The molecule has 0 saturated heterocycles. The van der Waals surface area contributed by atoms with E-state index >= 15 is 0 Å². The number of hydrogen-bond donors (Lipinski definition) is 1. The number of methoxy groups -OCH3 is 1. The average Bonchev–Trinajstić information content (AvgIpc) is 2.72. The zero-order valence-electron chi connectivity index (χ0n) is 11.6. The van der Waals surface area contributed by atoms with Crippen molar-refractivity contribution in [3.05, 3.63) is 30.9 Å². The van der Waals surface area contributed by atoms with Crippen LogP contribution in [0, 0.1) is 0 Å². The van der Waals surface area contributed by atoms with Gasteiger partial charge >= 0.3 is 5.97 Å². The molecule has 0 aromatic heterocycles. The van der Waals surface area contributed by atoms with Crippen molar-refractivity contribution in [3.63, 3.8) is 0 Å². The Hall–Kier alpha value is -2.17. The molecule has 5 heteroatoms. The second kappa shape index (κ2) is 6.84. The third-order valence-electron chi connectivity index (χ3n) is 2.99. The van der Waals surface area contributed by atoms with Crippen molar-refractivity contribution in [2.45, 2.75) is 18.9 Å². The van der Waals surface area contributed by atoms with Crippen molar-refractivity contribution in [3.8, 4) is 11.5 Å². The van der Waals surface area contributed by atoms with Gasteiger partial charge in [-0.2, -0.15) is 0 Å². The van der Waals surface area contributed by atoms with Crippen LogP contribution in [0.15, 0.2) is 30.9 Å². The maximum absolute atomic E-state index is 11.7. The number of esters is 1. The van der Waals surface area contributed by atoms with Crippen LogP contribution in [-0.4, -0.2) is 32.3 Å². The summed E-state index contributed by atoms with van der Waals surface area (Å²) in [5.74, 6) is 0.995. The van der Waals surface area contributed by atoms with E-state index in [4.69, 9.17) is 14.2 Å². The third-order valence-corrected chi connectivity index (χ3v) is 2.99. The molecule has 20 heavy (non-hydrogen) atoms. The first-order chi connectivity index (χ1) is 9.76. The average molecular weight is 277 g/mol. The van der Waals surface area contributed by atoms with Crippen molar-refractivity contribution < 1.29 is 19.0 Å². The van der Waals surface area contributed by atoms with Crippen molar-refractivity contribution >= 4 is 11.7 Å². The first-order valence-electron chi connectivity index (χ1n) is 6.60. The number of anilines is 1. The van der Waals surface area contributed by atoms with Crippen LogP contribution in [0.2, 0.25) is 0 Å². The summed E-state index contributed by atoms with van der Waals surface area (Å²) in [5.41, 5.74) is 0.724. The highest BCUT2D eigenvalue weighted by atomic mass is 16.5. The molecule has 1 aromatic rings. The van der Waals surface area contributed by atoms with Crippen LogP contribution in [0.3, 0.4) is 0 Å². The SMILES string of the molecule is C=CCC(Nc1cccc2c1OCCCO2)C(=O)OC. The molecule has 108 valence electrons. The number of para-hydroxylation sites is 1. The topological polar surface area (TPSA) is 56.8 Å². The van der Waals surface area contributed by atoms with Crippen LogP contribution < -0.4 is 14.8 Å². The molecule has 1 N–H and O–H groups in total. The normalized spacial score (nSPS) is 14.8. The lowest BCUT2D eigenvalue weighted by atomic mass is 10.2. The number of ether oxygens (including phenoxy) is 3. The van der Waals surface area contributed by atoms with Crippen molar-refractivity contribution in [1.29, 1.82) is 0 Å². The summed E-state index contributed by atoms with van der Waals surface area (Å²) in [5, 5.41) is 3.14. The number of carbonyl (C=O) groups is 1. The number of benzene rings is 1. The smallest absolute Gasteiger partial charge is 0.328 e. The minimum atomic E-state index is -0.490. The van der Waals surface area contributed by atoms with Crippen LogP contribution in [-0.2, 0) is 9.53 Å². The fourth-order valence-electron chi connectivity index (χ4n) is 2.02. The van der Waals surface area contributed by atoms with E-state index in [1.807, 2.05) is 18.2 Å². The van der Waals surface area contributed by atoms with E-state index in [2.05, 4.69) is 11.9 Å². The Morgan fingerprint density at radius 3 is 3.05 bits per heavy atom. The van der Waals surface area contributed by atoms with E-state index in [9.17, 15) is 4.79 Å². The lowest BCUT2D eigenvalue weighted by Crippen LogP contribution is -2.30. The molecule has 1 aromatic carbocycles. The number of fused-ring (bicyclic) bond motifs is 1. The summed E-state index contributed by atoms with van der Waals surface area (Å²) in [6, 6.07) is 5.08. The molecule has 0 aliphatic carbocycles. The zero-order valence-corrected chi connectivity index (χ0v) is 11.6. The highest BCUT2D eigenvalue weighted by Gasteiger charge is 2.21. The maximum Gasteiger partial charge on any atom is 0.328 e. The Balaban J connectivity index is 2.23. The summed E-state index contributed by atoms with van der Waals surface area (Å²) in [6.07, 6.45) is 2.98. The third kappa shape index (κ3) is 3.23. The predicted molar refractivity (Wildman–Crippen MR) is 76.3 cm³/mol. The van der Waals surface area contributed by atoms with Crippen LogP contribution >= 0.6 is 0 Å². The Morgan fingerprint density at radius 2 is 2.30 bits per heavy atom.